The van der Waals surface area contributed by atoms with Gasteiger partial charge in [-0.15, -0.1) is 29.3 Å². The number of pyridine rings is 1. The Balaban J connectivity index is 0.00000435. The quantitative estimate of drug-likeness (QED) is 0.175. The maximum absolute atomic E-state index is 11.5. The number of nitrogens with zero attached hydrogens (tertiary/aromatic N) is 3. The predicted molar refractivity (Wildman–Crippen MR) is 215 cm³/mol. The number of aromatic hydroxyl groups is 1. The molecule has 0 fully saturated rings. The fourth-order valence-electron chi connectivity index (χ4n) is 7.49. The van der Waals surface area contributed by atoms with Crippen molar-refractivity contribution < 1.29 is 26.2 Å². The second-order valence-corrected chi connectivity index (χ2v) is 16.3. The molecular formula is C48H46N3OPt-. The number of benzene rings is 5. The van der Waals surface area contributed by atoms with Crippen LogP contribution in [0.4, 0.5) is 0 Å². The molecule has 53 heavy (non-hydrogen) atoms. The number of aromatic nitrogens is 3. The minimum Gasteiger partial charge on any atom is -0.507 e. The number of aryl methyl sites for hydroxylation is 2. The van der Waals surface area contributed by atoms with Crippen LogP contribution in [0.25, 0.3) is 61.6 Å². The predicted octanol–water partition coefficient (Wildman–Crippen LogP) is 12.1. The fourth-order valence-corrected chi connectivity index (χ4v) is 7.49. The summed E-state index contributed by atoms with van der Waals surface area (Å²) in [7, 11) is 0. The van der Waals surface area contributed by atoms with Gasteiger partial charge in [0.15, 0.2) is 0 Å². The molecule has 1 aliphatic carbocycles. The molecule has 2 heterocycles. The Bertz CT molecular complexity index is 2430. The number of rotatable bonds is 5. The van der Waals surface area contributed by atoms with Crippen molar-refractivity contribution in [3.63, 3.8) is 0 Å². The third kappa shape index (κ3) is 7.14. The van der Waals surface area contributed by atoms with Crippen LogP contribution in [0.1, 0.15) is 76.6 Å². The van der Waals surface area contributed by atoms with Crippen molar-refractivity contribution in [2.24, 2.45) is 0 Å². The van der Waals surface area contributed by atoms with Crippen molar-refractivity contribution in [2.45, 2.75) is 78.1 Å². The third-order valence-corrected chi connectivity index (χ3v) is 10.5. The first-order chi connectivity index (χ1) is 24.9. The van der Waals surface area contributed by atoms with Crippen LogP contribution in [0.2, 0.25) is 0 Å². The van der Waals surface area contributed by atoms with Gasteiger partial charge in [0.05, 0.1) is 16.6 Å². The molecule has 0 radical (unpaired) electrons. The maximum Gasteiger partial charge on any atom is 0.148 e. The molecule has 0 unspecified atom stereocenters. The van der Waals surface area contributed by atoms with Crippen LogP contribution in [0.5, 0.6) is 5.75 Å². The molecule has 1 N–H and O–H groups in total. The van der Waals surface area contributed by atoms with Crippen molar-refractivity contribution in [1.29, 1.82) is 0 Å². The summed E-state index contributed by atoms with van der Waals surface area (Å²) in [5, 5.41) is 11.5. The van der Waals surface area contributed by atoms with Crippen LogP contribution in [-0.4, -0.2) is 19.6 Å². The van der Waals surface area contributed by atoms with Gasteiger partial charge >= 0.3 is 0 Å². The first-order valence-corrected chi connectivity index (χ1v) is 18.5. The van der Waals surface area contributed by atoms with E-state index in [4.69, 9.17) is 9.97 Å². The number of hydrogen-bond donors (Lipinski definition) is 1. The molecule has 0 saturated heterocycles. The van der Waals surface area contributed by atoms with Crippen LogP contribution < -0.4 is 0 Å². The van der Waals surface area contributed by atoms with Gasteiger partial charge in [0, 0.05) is 38.6 Å². The first kappa shape index (κ1) is 36.6. The Hall–Kier alpha value is -4.79. The third-order valence-electron chi connectivity index (χ3n) is 10.5. The number of phenols is 1. The van der Waals surface area contributed by atoms with Gasteiger partial charge in [-0.2, -0.15) is 0 Å². The van der Waals surface area contributed by atoms with E-state index in [0.29, 0.717) is 0 Å². The van der Waals surface area contributed by atoms with E-state index in [1.54, 1.807) is 0 Å². The second kappa shape index (κ2) is 14.2. The zero-order valence-electron chi connectivity index (χ0n) is 31.4. The first-order valence-electron chi connectivity index (χ1n) is 18.5. The normalized spacial score (nSPS) is 13.1. The van der Waals surface area contributed by atoms with E-state index >= 15 is 0 Å². The zero-order chi connectivity index (χ0) is 36.2. The van der Waals surface area contributed by atoms with Gasteiger partial charge in [-0.1, -0.05) is 113 Å². The summed E-state index contributed by atoms with van der Waals surface area (Å²) in [5.41, 5.74) is 14.7. The van der Waals surface area contributed by atoms with E-state index in [1.807, 2.05) is 18.3 Å². The SMILES string of the molecule is CC(C)(C)c1ccc(-c2ccnc(-c3[c-]c(-c4cccc5c4nc(-c4cc6c(cc4O)CCCC6)n5-c4ccccc4)cc(C(C)(C)C)c3)c2)cc1.[Pt]. The van der Waals surface area contributed by atoms with E-state index in [0.717, 1.165) is 80.9 Å². The molecule has 8 rings (SSSR count). The molecule has 0 spiro atoms. The summed E-state index contributed by atoms with van der Waals surface area (Å²) in [6.45, 7) is 13.5. The molecule has 4 nitrogen and oxygen atoms in total. The van der Waals surface area contributed by atoms with Crippen LogP contribution in [0.15, 0.2) is 115 Å². The van der Waals surface area contributed by atoms with E-state index in [2.05, 4.69) is 149 Å². The number of hydrogen-bond acceptors (Lipinski definition) is 3. The summed E-state index contributed by atoms with van der Waals surface area (Å²) in [6, 6.07) is 42.3. The number of para-hydroxylation sites is 2. The van der Waals surface area contributed by atoms with E-state index in [1.165, 1.54) is 28.7 Å². The number of imidazole rings is 1. The van der Waals surface area contributed by atoms with E-state index in [9.17, 15) is 5.11 Å². The van der Waals surface area contributed by atoms with Crippen LogP contribution in [0, 0.1) is 6.07 Å². The molecule has 0 amide bonds. The van der Waals surface area contributed by atoms with Crippen molar-refractivity contribution in [1.82, 2.24) is 14.5 Å². The minimum atomic E-state index is -0.115. The summed E-state index contributed by atoms with van der Waals surface area (Å²) in [6.07, 6.45) is 6.26. The Morgan fingerprint density at radius 2 is 1.32 bits per heavy atom. The average Bonchev–Trinajstić information content (AvgIpc) is 3.54. The zero-order valence-corrected chi connectivity index (χ0v) is 33.7. The molecule has 0 atom stereocenters. The summed E-state index contributed by atoms with van der Waals surface area (Å²) >= 11 is 0. The maximum atomic E-state index is 11.5. The summed E-state index contributed by atoms with van der Waals surface area (Å²) < 4.78 is 2.19. The van der Waals surface area contributed by atoms with Crippen molar-refractivity contribution >= 4 is 11.0 Å². The minimum absolute atomic E-state index is 0. The standard InChI is InChI=1S/C48H46N3O.Pt/c1-47(2,3)37-21-19-31(20-22-37)34-23-24-49-42(29-34)36-25-35(26-38(27-36)48(4,5)6)40-17-12-18-43-45(40)50-46(51(43)39-15-8-7-9-16-39)41-28-32-13-10-11-14-33(32)30-44(41)52;/h7-9,12,15-24,26-30,52H,10-11,13-14H2,1-6H3;/q-1;. The summed E-state index contributed by atoms with van der Waals surface area (Å²) in [5.74, 6) is 1.01. The number of phenolic OH excluding ortho intramolecular Hbond substituents is 1. The van der Waals surface area contributed by atoms with Gasteiger partial charge in [0.2, 0.25) is 0 Å². The van der Waals surface area contributed by atoms with Gasteiger partial charge in [-0.25, -0.2) is 4.98 Å². The van der Waals surface area contributed by atoms with Crippen molar-refractivity contribution in [3.05, 3.63) is 144 Å². The van der Waals surface area contributed by atoms with Gasteiger partial charge in [0.25, 0.3) is 0 Å². The van der Waals surface area contributed by atoms with Crippen molar-refractivity contribution in [2.75, 3.05) is 0 Å². The monoisotopic (exact) mass is 875 g/mol. The molecular weight excluding hydrogens is 830 g/mol. The Labute approximate surface area is 328 Å². The summed E-state index contributed by atoms with van der Waals surface area (Å²) in [4.78, 5) is 10.3. The molecule has 1 aliphatic rings. The largest absolute Gasteiger partial charge is 0.507 e. The second-order valence-electron chi connectivity index (χ2n) is 16.3. The van der Waals surface area contributed by atoms with Gasteiger partial charge in [-0.3, -0.25) is 9.55 Å². The molecule has 270 valence electrons. The molecule has 5 aromatic carbocycles. The molecule has 0 aliphatic heterocycles. The average molecular weight is 876 g/mol. The molecule has 0 saturated carbocycles. The van der Waals surface area contributed by atoms with Gasteiger partial charge in [0.1, 0.15) is 11.6 Å². The Morgan fingerprint density at radius 3 is 2.02 bits per heavy atom. The fraction of sp³-hybridized carbons (Fsp3) is 0.250. The van der Waals surface area contributed by atoms with Gasteiger partial charge < -0.3 is 5.11 Å². The Kier molecular flexibility index (Phi) is 9.81. The van der Waals surface area contributed by atoms with Crippen LogP contribution in [-0.2, 0) is 44.7 Å². The van der Waals surface area contributed by atoms with Crippen molar-refractivity contribution in [3.8, 4) is 56.3 Å². The molecule has 0 bridgehead atoms. The number of fused-ring (bicyclic) bond motifs is 2. The van der Waals surface area contributed by atoms with E-state index in [-0.39, 0.29) is 37.6 Å². The van der Waals surface area contributed by atoms with E-state index < -0.39 is 0 Å². The molecule has 2 aromatic heterocycles. The topological polar surface area (TPSA) is 50.9 Å². The molecule has 5 heteroatoms. The van der Waals surface area contributed by atoms with Crippen LogP contribution >= 0.6 is 0 Å². The molecule has 7 aromatic rings. The smallest absolute Gasteiger partial charge is 0.148 e. The Morgan fingerprint density at radius 1 is 0.642 bits per heavy atom. The van der Waals surface area contributed by atoms with Crippen LogP contribution in [0.3, 0.4) is 0 Å². The van der Waals surface area contributed by atoms with Gasteiger partial charge in [-0.05, 0) is 101 Å².